The Morgan fingerprint density at radius 2 is 1.60 bits per heavy atom. The quantitative estimate of drug-likeness (QED) is 0.104. The number of ether oxygens (including phenoxy) is 2. The van der Waals surface area contributed by atoms with Crippen LogP contribution in [0.15, 0.2) is 78.9 Å². The van der Waals surface area contributed by atoms with Crippen LogP contribution in [0.3, 0.4) is 0 Å². The summed E-state index contributed by atoms with van der Waals surface area (Å²) >= 11 is 0. The number of likely N-dealkylation sites (tertiary alicyclic amines) is 1. The van der Waals surface area contributed by atoms with Crippen molar-refractivity contribution in [2.24, 2.45) is 5.73 Å². The van der Waals surface area contributed by atoms with Gasteiger partial charge in [0.05, 0.1) is 17.4 Å². The summed E-state index contributed by atoms with van der Waals surface area (Å²) in [7, 11) is 1.44. The largest absolute Gasteiger partial charge is 0.484 e. The molecule has 1 fully saturated rings. The van der Waals surface area contributed by atoms with Gasteiger partial charge in [-0.3, -0.25) is 39.0 Å². The van der Waals surface area contributed by atoms with Gasteiger partial charge in [0.25, 0.3) is 17.5 Å². The molecule has 4 rings (SSSR count). The van der Waals surface area contributed by atoms with Crippen LogP contribution in [0.25, 0.3) is 0 Å². The number of anilines is 1. The van der Waals surface area contributed by atoms with Gasteiger partial charge in [-0.1, -0.05) is 30.3 Å². The predicted molar refractivity (Wildman–Crippen MR) is 206 cm³/mol. The SMILES string of the molecule is CN(C(=O)Oc1ccc([N+](=O)[O-])cc1)c1ccc(OCC(=O)N[C@@H](CC(N)=O)C(=O)NC(Cc2ccccc2)C(O)C(=O)N2CCC[C@H]2C(=O)NC(C)(C)C)cc1. The van der Waals surface area contributed by atoms with E-state index in [0.717, 1.165) is 0 Å². The van der Waals surface area contributed by atoms with Crippen LogP contribution >= 0.6 is 0 Å². The minimum Gasteiger partial charge on any atom is -0.484 e. The Bertz CT molecular complexity index is 1920. The van der Waals surface area contributed by atoms with E-state index in [0.29, 0.717) is 24.1 Å². The molecular formula is C39H47N7O11. The van der Waals surface area contributed by atoms with Gasteiger partial charge >= 0.3 is 6.09 Å². The first-order valence-corrected chi connectivity index (χ1v) is 18.1. The van der Waals surface area contributed by atoms with Crippen molar-refractivity contribution in [3.63, 3.8) is 0 Å². The van der Waals surface area contributed by atoms with E-state index in [4.69, 9.17) is 15.2 Å². The lowest BCUT2D eigenvalue weighted by atomic mass is 9.99. The molecule has 0 spiro atoms. The molecule has 4 atom stereocenters. The topological polar surface area (TPSA) is 253 Å². The summed E-state index contributed by atoms with van der Waals surface area (Å²) in [6.45, 7) is 5.07. The molecule has 1 aliphatic heterocycles. The summed E-state index contributed by atoms with van der Waals surface area (Å²) in [6, 6.07) is 16.1. The molecule has 0 radical (unpaired) electrons. The van der Waals surface area contributed by atoms with Crippen LogP contribution < -0.4 is 36.1 Å². The van der Waals surface area contributed by atoms with Gasteiger partial charge in [0.1, 0.15) is 23.6 Å². The molecule has 3 aromatic carbocycles. The Hall–Kier alpha value is -6.56. The Morgan fingerprint density at radius 1 is 0.965 bits per heavy atom. The van der Waals surface area contributed by atoms with Gasteiger partial charge in [-0.2, -0.15) is 0 Å². The van der Waals surface area contributed by atoms with E-state index in [1.807, 2.05) is 20.8 Å². The van der Waals surface area contributed by atoms with Crippen LogP contribution in [0.5, 0.6) is 11.5 Å². The summed E-state index contributed by atoms with van der Waals surface area (Å²) in [5.41, 5.74) is 5.75. The van der Waals surface area contributed by atoms with Crippen LogP contribution in [-0.4, -0.2) is 101 Å². The highest BCUT2D eigenvalue weighted by atomic mass is 16.6. The number of nitrogens with zero attached hydrogens (tertiary/aromatic N) is 3. The molecule has 3 aromatic rings. The van der Waals surface area contributed by atoms with E-state index < -0.39 is 77.4 Å². The molecule has 57 heavy (non-hydrogen) atoms. The summed E-state index contributed by atoms with van der Waals surface area (Å²) in [6.07, 6.45) is -2.26. The fourth-order valence-corrected chi connectivity index (χ4v) is 5.96. The zero-order valence-electron chi connectivity index (χ0n) is 32.0. The van der Waals surface area contributed by atoms with Crippen LogP contribution in [-0.2, 0) is 30.4 Å². The van der Waals surface area contributed by atoms with E-state index in [1.54, 1.807) is 30.3 Å². The number of amides is 6. The fraction of sp³-hybridized carbons (Fsp3) is 0.385. The van der Waals surface area contributed by atoms with Crippen LogP contribution in [0.2, 0.25) is 0 Å². The predicted octanol–water partition coefficient (Wildman–Crippen LogP) is 1.96. The number of aliphatic hydroxyl groups excluding tert-OH is 1. The molecule has 18 nitrogen and oxygen atoms in total. The summed E-state index contributed by atoms with van der Waals surface area (Å²) in [5, 5.41) is 30.2. The van der Waals surface area contributed by atoms with Crippen molar-refractivity contribution < 1.29 is 48.3 Å². The number of carbonyl (C=O) groups is 6. The normalized spacial score (nSPS) is 15.3. The lowest BCUT2D eigenvalue weighted by molar-refractivity contribution is -0.384. The van der Waals surface area contributed by atoms with Gasteiger partial charge in [-0.15, -0.1) is 0 Å². The third kappa shape index (κ3) is 12.7. The summed E-state index contributed by atoms with van der Waals surface area (Å²) < 4.78 is 10.8. The molecule has 1 heterocycles. The smallest absolute Gasteiger partial charge is 0.419 e. The number of nitro groups is 1. The van der Waals surface area contributed by atoms with E-state index >= 15 is 0 Å². The van der Waals surface area contributed by atoms with Gasteiger partial charge in [0.15, 0.2) is 12.7 Å². The van der Waals surface area contributed by atoms with Crippen molar-refractivity contribution in [1.82, 2.24) is 20.9 Å². The molecule has 0 saturated carbocycles. The molecule has 1 saturated heterocycles. The number of non-ortho nitro benzene ring substituents is 1. The van der Waals surface area contributed by atoms with Gasteiger partial charge < -0.3 is 41.2 Å². The first-order valence-electron chi connectivity index (χ1n) is 18.1. The lowest BCUT2D eigenvalue weighted by Crippen LogP contribution is -2.59. The Kier molecular flexibility index (Phi) is 14.7. The molecule has 1 aliphatic rings. The van der Waals surface area contributed by atoms with Crippen LogP contribution in [0, 0.1) is 10.1 Å². The molecule has 0 bridgehead atoms. The molecular weight excluding hydrogens is 742 g/mol. The summed E-state index contributed by atoms with van der Waals surface area (Å²) in [5.74, 6) is -3.42. The second-order valence-corrected chi connectivity index (χ2v) is 14.4. The Labute approximate surface area is 328 Å². The van der Waals surface area contributed by atoms with Crippen molar-refractivity contribution in [2.45, 2.75) is 76.2 Å². The monoisotopic (exact) mass is 789 g/mol. The number of aliphatic hydroxyl groups is 1. The molecule has 304 valence electrons. The zero-order valence-corrected chi connectivity index (χ0v) is 32.0. The summed E-state index contributed by atoms with van der Waals surface area (Å²) in [4.78, 5) is 90.7. The number of nitrogens with two attached hydrogens (primary N) is 1. The number of primary amides is 1. The lowest BCUT2D eigenvalue weighted by Gasteiger charge is -2.32. The van der Waals surface area contributed by atoms with Crippen molar-refractivity contribution >= 4 is 47.0 Å². The van der Waals surface area contributed by atoms with E-state index in [9.17, 15) is 44.0 Å². The number of hydrogen-bond donors (Lipinski definition) is 5. The maximum atomic E-state index is 13.7. The van der Waals surface area contributed by atoms with Crippen molar-refractivity contribution in [3.05, 3.63) is 94.5 Å². The maximum Gasteiger partial charge on any atom is 0.419 e. The number of hydrogen-bond acceptors (Lipinski definition) is 11. The maximum absolute atomic E-state index is 13.7. The number of benzene rings is 3. The second-order valence-electron chi connectivity index (χ2n) is 14.4. The van der Waals surface area contributed by atoms with Crippen molar-refractivity contribution in [2.75, 3.05) is 25.1 Å². The Morgan fingerprint density at radius 3 is 2.19 bits per heavy atom. The molecule has 6 N–H and O–H groups in total. The molecule has 18 heteroatoms. The van der Waals surface area contributed by atoms with Crippen LogP contribution in [0.4, 0.5) is 16.2 Å². The van der Waals surface area contributed by atoms with E-state index in [-0.39, 0.29) is 36.1 Å². The van der Waals surface area contributed by atoms with Gasteiger partial charge in [0, 0.05) is 37.0 Å². The average molecular weight is 790 g/mol. The van der Waals surface area contributed by atoms with Gasteiger partial charge in [-0.25, -0.2) is 4.79 Å². The van der Waals surface area contributed by atoms with Gasteiger partial charge in [0.2, 0.25) is 17.7 Å². The highest BCUT2D eigenvalue weighted by Gasteiger charge is 2.41. The zero-order chi connectivity index (χ0) is 41.9. The molecule has 2 unspecified atom stereocenters. The number of nitrogens with one attached hydrogen (secondary N) is 3. The van der Waals surface area contributed by atoms with Gasteiger partial charge in [-0.05, 0) is 82.0 Å². The highest BCUT2D eigenvalue weighted by molar-refractivity contribution is 5.94. The van der Waals surface area contributed by atoms with Crippen LogP contribution in [0.1, 0.15) is 45.6 Å². The third-order valence-corrected chi connectivity index (χ3v) is 8.77. The fourth-order valence-electron chi connectivity index (χ4n) is 5.96. The average Bonchev–Trinajstić information content (AvgIpc) is 3.66. The first kappa shape index (κ1) is 43.2. The molecule has 0 aromatic heterocycles. The van der Waals surface area contributed by atoms with E-state index in [2.05, 4.69) is 16.0 Å². The standard InChI is InChI=1S/C39H47N7O11/c1-39(2,3)43-36(51)31-11-8-20-45(31)37(52)34(49)29(21-24-9-6-5-7-10-24)42-35(50)30(22-32(40)47)41-33(48)23-56-27-16-12-25(13-17-27)44(4)38(53)57-28-18-14-26(15-19-28)46(54)55/h5-7,9-10,12-19,29-31,34,49H,8,11,20-23H2,1-4H3,(H2,40,47)(H,41,48)(H,42,50)(H,43,51)/t29?,30-,31-,34?/m0/s1. The number of nitro benzene ring substituents is 1. The Balaban J connectivity index is 1.39. The molecule has 0 aliphatic carbocycles. The number of rotatable bonds is 16. The van der Waals surface area contributed by atoms with Crippen molar-refractivity contribution in [1.29, 1.82) is 0 Å². The second kappa shape index (κ2) is 19.3. The highest BCUT2D eigenvalue weighted by Crippen LogP contribution is 2.23. The van der Waals surface area contributed by atoms with Crippen molar-refractivity contribution in [3.8, 4) is 11.5 Å². The first-order chi connectivity index (χ1) is 26.9. The third-order valence-electron chi connectivity index (χ3n) is 8.77. The number of carbonyl (C=O) groups excluding carboxylic acids is 6. The van der Waals surface area contributed by atoms with E-state index in [1.165, 1.54) is 65.4 Å². The minimum atomic E-state index is -1.79. The minimum absolute atomic E-state index is 0.00746. The molecule has 6 amide bonds.